The van der Waals surface area contributed by atoms with E-state index in [2.05, 4.69) is 19.2 Å². The highest BCUT2D eigenvalue weighted by atomic mass is 35.5. The molecule has 0 heterocycles. The van der Waals surface area contributed by atoms with Gasteiger partial charge in [0.15, 0.2) is 0 Å². The monoisotopic (exact) mass is 482 g/mol. The Morgan fingerprint density at radius 3 is 2.17 bits per heavy atom. The Labute approximate surface area is 184 Å². The van der Waals surface area contributed by atoms with Crippen LogP contribution in [0.3, 0.4) is 0 Å². The predicted octanol–water partition coefficient (Wildman–Crippen LogP) is 4.16. The molecule has 0 atom stereocenters. The lowest BCUT2D eigenvalue weighted by Crippen LogP contribution is -2.30. The molecule has 0 spiro atoms. The van der Waals surface area contributed by atoms with Gasteiger partial charge in [-0.15, -0.1) is 0 Å². The van der Waals surface area contributed by atoms with Crippen LogP contribution < -0.4 is 14.8 Å². The zero-order valence-electron chi connectivity index (χ0n) is 16.6. The maximum absolute atomic E-state index is 14.0. The Kier molecular flexibility index (Phi) is 10.5. The van der Waals surface area contributed by atoms with Crippen molar-refractivity contribution in [2.24, 2.45) is 0 Å². The van der Waals surface area contributed by atoms with E-state index in [-0.39, 0.29) is 22.9 Å². The number of hydrogen-bond donors (Lipinski definition) is 2. The number of hydrogen-bond acceptors (Lipinski definition) is 5. The molecule has 0 bridgehead atoms. The van der Waals surface area contributed by atoms with Crippen molar-refractivity contribution >= 4 is 39.1 Å². The smallest absolute Gasteiger partial charge is 0.267 e. The van der Waals surface area contributed by atoms with Gasteiger partial charge in [-0.2, -0.15) is 0 Å². The van der Waals surface area contributed by atoms with Crippen LogP contribution in [0.2, 0.25) is 10.0 Å². The summed E-state index contributed by atoms with van der Waals surface area (Å²) in [5.74, 6) is -3.00. The third-order valence-corrected chi connectivity index (χ3v) is 4.74. The Bertz CT molecular complexity index is 987. The molecule has 0 saturated carbocycles. The van der Waals surface area contributed by atoms with Gasteiger partial charge in [-0.25, -0.2) is 21.9 Å². The van der Waals surface area contributed by atoms with Gasteiger partial charge in [0, 0.05) is 11.6 Å². The van der Waals surface area contributed by atoms with E-state index in [4.69, 9.17) is 27.9 Å². The zero-order chi connectivity index (χ0) is 22.9. The van der Waals surface area contributed by atoms with E-state index in [1.54, 1.807) is 4.72 Å². The Balaban J connectivity index is 0.000000804. The van der Waals surface area contributed by atoms with Crippen LogP contribution in [0.5, 0.6) is 5.75 Å². The molecule has 11 heteroatoms. The SMILES string of the molecule is CCNCC.CS(=O)(=O)NC(=O)c1cc(F)c(COc2ccc(Cl)c(Cl)c2)cc1F. The van der Waals surface area contributed by atoms with E-state index < -0.39 is 33.1 Å². The molecule has 0 aliphatic carbocycles. The van der Waals surface area contributed by atoms with Crippen LogP contribution in [0.4, 0.5) is 8.78 Å². The highest BCUT2D eigenvalue weighted by molar-refractivity contribution is 7.89. The van der Waals surface area contributed by atoms with Gasteiger partial charge in [0.2, 0.25) is 10.0 Å². The third kappa shape index (κ3) is 8.83. The maximum atomic E-state index is 14.0. The minimum atomic E-state index is -3.90. The van der Waals surface area contributed by atoms with Crippen LogP contribution in [0.15, 0.2) is 30.3 Å². The van der Waals surface area contributed by atoms with Crippen LogP contribution in [0.1, 0.15) is 29.8 Å². The Hall–Kier alpha value is -1.94. The van der Waals surface area contributed by atoms with Gasteiger partial charge in [-0.3, -0.25) is 4.79 Å². The van der Waals surface area contributed by atoms with Crippen molar-refractivity contribution in [3.05, 3.63) is 63.1 Å². The standard InChI is InChI=1S/C15H11Cl2F2NO4S.C4H11N/c1-25(22,23)20-15(21)10-6-13(18)8(4-14(10)19)7-24-9-2-3-11(16)12(17)5-9;1-3-5-4-2/h2-6H,7H2,1H3,(H,20,21);5H,3-4H2,1-2H3. The highest BCUT2D eigenvalue weighted by Crippen LogP contribution is 2.27. The maximum Gasteiger partial charge on any atom is 0.267 e. The van der Waals surface area contributed by atoms with E-state index >= 15 is 0 Å². The molecule has 0 radical (unpaired) electrons. The van der Waals surface area contributed by atoms with Crippen LogP contribution in [0.25, 0.3) is 0 Å². The average Bonchev–Trinajstić information content (AvgIpc) is 2.64. The molecule has 0 aliphatic rings. The molecule has 0 fully saturated rings. The molecule has 166 valence electrons. The van der Waals surface area contributed by atoms with E-state index in [1.807, 2.05) is 0 Å². The number of carbonyl (C=O) groups is 1. The van der Waals surface area contributed by atoms with Crippen molar-refractivity contribution in [1.82, 2.24) is 10.0 Å². The number of amides is 1. The number of sulfonamides is 1. The summed E-state index contributed by atoms with van der Waals surface area (Å²) in [6.07, 6.45) is 0.721. The summed E-state index contributed by atoms with van der Waals surface area (Å²) < 4.78 is 56.9. The summed E-state index contributed by atoms with van der Waals surface area (Å²) >= 11 is 11.6. The van der Waals surface area contributed by atoms with Gasteiger partial charge in [-0.1, -0.05) is 37.0 Å². The molecule has 0 saturated heterocycles. The third-order valence-electron chi connectivity index (χ3n) is 3.44. The van der Waals surface area contributed by atoms with Crippen LogP contribution in [-0.4, -0.2) is 33.7 Å². The molecule has 2 aromatic rings. The lowest BCUT2D eigenvalue weighted by atomic mass is 10.1. The first-order chi connectivity index (χ1) is 14.0. The number of ether oxygens (including phenoxy) is 1. The van der Waals surface area contributed by atoms with Crippen molar-refractivity contribution in [1.29, 1.82) is 0 Å². The van der Waals surface area contributed by atoms with Crippen LogP contribution >= 0.6 is 23.2 Å². The van der Waals surface area contributed by atoms with Crippen molar-refractivity contribution in [2.45, 2.75) is 20.5 Å². The van der Waals surface area contributed by atoms with Crippen molar-refractivity contribution in [3.8, 4) is 5.75 Å². The summed E-state index contributed by atoms with van der Waals surface area (Å²) in [6, 6.07) is 5.74. The number of nitrogens with one attached hydrogen (secondary N) is 2. The lowest BCUT2D eigenvalue weighted by molar-refractivity contribution is 0.0977. The molecular formula is C19H22Cl2F2N2O4S. The van der Waals surface area contributed by atoms with Crippen LogP contribution in [-0.2, 0) is 16.6 Å². The largest absolute Gasteiger partial charge is 0.489 e. The first kappa shape index (κ1) is 26.1. The number of halogens is 4. The van der Waals surface area contributed by atoms with E-state index in [9.17, 15) is 22.0 Å². The van der Waals surface area contributed by atoms with Gasteiger partial charge in [0.05, 0.1) is 21.9 Å². The van der Waals surface area contributed by atoms with Crippen molar-refractivity contribution in [3.63, 3.8) is 0 Å². The summed E-state index contributed by atoms with van der Waals surface area (Å²) in [5, 5.41) is 3.66. The van der Waals surface area contributed by atoms with Gasteiger partial charge in [-0.05, 0) is 37.4 Å². The lowest BCUT2D eigenvalue weighted by Gasteiger charge is -2.10. The summed E-state index contributed by atoms with van der Waals surface area (Å²) in [5.41, 5.74) is -0.902. The number of benzene rings is 2. The fourth-order valence-corrected chi connectivity index (χ4v) is 2.81. The number of carbonyl (C=O) groups excluding carboxylic acids is 1. The summed E-state index contributed by atoms with van der Waals surface area (Å²) in [7, 11) is -3.90. The zero-order valence-corrected chi connectivity index (χ0v) is 18.9. The molecule has 0 aromatic heterocycles. The summed E-state index contributed by atoms with van der Waals surface area (Å²) in [4.78, 5) is 11.6. The van der Waals surface area contributed by atoms with Crippen molar-refractivity contribution in [2.75, 3.05) is 19.3 Å². The molecule has 6 nitrogen and oxygen atoms in total. The molecule has 30 heavy (non-hydrogen) atoms. The van der Waals surface area contributed by atoms with Crippen molar-refractivity contribution < 1.29 is 26.7 Å². The van der Waals surface area contributed by atoms with Gasteiger partial charge >= 0.3 is 0 Å². The van der Waals surface area contributed by atoms with Crippen LogP contribution in [0, 0.1) is 11.6 Å². The highest BCUT2D eigenvalue weighted by Gasteiger charge is 2.19. The van der Waals surface area contributed by atoms with Gasteiger partial charge in [0.1, 0.15) is 24.0 Å². The molecule has 0 aliphatic heterocycles. The van der Waals surface area contributed by atoms with E-state index in [0.717, 1.165) is 25.4 Å². The molecule has 2 rings (SSSR count). The molecule has 0 unspecified atom stereocenters. The topological polar surface area (TPSA) is 84.5 Å². The normalized spacial score (nSPS) is 10.8. The Morgan fingerprint density at radius 2 is 1.67 bits per heavy atom. The predicted molar refractivity (Wildman–Crippen MR) is 114 cm³/mol. The number of rotatable bonds is 7. The molecular weight excluding hydrogens is 461 g/mol. The minimum absolute atomic E-state index is 0.167. The second-order valence-corrected chi connectivity index (χ2v) is 8.51. The molecule has 2 aromatic carbocycles. The van der Waals surface area contributed by atoms with Gasteiger partial charge in [0.25, 0.3) is 5.91 Å². The minimum Gasteiger partial charge on any atom is -0.489 e. The average molecular weight is 483 g/mol. The summed E-state index contributed by atoms with van der Waals surface area (Å²) in [6.45, 7) is 6.05. The fourth-order valence-electron chi connectivity index (χ4n) is 2.07. The molecule has 1 amide bonds. The molecule has 2 N–H and O–H groups in total. The first-order valence-corrected chi connectivity index (χ1v) is 11.4. The second kappa shape index (κ2) is 12.0. The second-order valence-electron chi connectivity index (χ2n) is 5.95. The fraction of sp³-hybridized carbons (Fsp3) is 0.316. The van der Waals surface area contributed by atoms with Gasteiger partial charge < -0.3 is 10.1 Å². The quantitative estimate of drug-likeness (QED) is 0.618. The Morgan fingerprint density at radius 1 is 1.03 bits per heavy atom. The first-order valence-electron chi connectivity index (χ1n) is 8.77. The van der Waals surface area contributed by atoms with E-state index in [0.29, 0.717) is 11.1 Å². The van der Waals surface area contributed by atoms with E-state index in [1.165, 1.54) is 18.2 Å².